The maximum atomic E-state index is 12.3. The average Bonchev–Trinajstić information content (AvgIpc) is 2.62. The molecule has 134 valence electrons. The fraction of sp³-hybridized carbons (Fsp3) is 0.350. The molecule has 1 N–H and O–H groups in total. The van der Waals surface area contributed by atoms with Crippen LogP contribution in [0.4, 0.5) is 0 Å². The van der Waals surface area contributed by atoms with Gasteiger partial charge in [0.25, 0.3) is 5.91 Å². The van der Waals surface area contributed by atoms with Gasteiger partial charge in [-0.15, -0.1) is 0 Å². The van der Waals surface area contributed by atoms with Gasteiger partial charge in [-0.2, -0.15) is 0 Å². The van der Waals surface area contributed by atoms with Crippen molar-refractivity contribution in [3.05, 3.63) is 64.7 Å². The predicted molar refractivity (Wildman–Crippen MR) is 100 cm³/mol. The zero-order valence-electron chi connectivity index (χ0n) is 14.8. The first-order valence-electron chi connectivity index (χ1n) is 8.34. The molecule has 0 bridgehead atoms. The first-order chi connectivity index (χ1) is 12.0. The van der Waals surface area contributed by atoms with E-state index in [2.05, 4.69) is 5.32 Å². The Bertz CT molecular complexity index is 666. The number of methoxy groups -OCH3 is 1. The van der Waals surface area contributed by atoms with E-state index in [1.807, 2.05) is 38.1 Å². The Hall–Kier alpha value is -2.04. The lowest BCUT2D eigenvalue weighted by molar-refractivity contribution is 0.0628. The summed E-state index contributed by atoms with van der Waals surface area (Å²) in [5.41, 5.74) is 1.63. The zero-order valence-corrected chi connectivity index (χ0v) is 15.5. The summed E-state index contributed by atoms with van der Waals surface area (Å²) >= 11 is 5.86. The van der Waals surface area contributed by atoms with Crippen molar-refractivity contribution in [1.82, 2.24) is 5.32 Å². The van der Waals surface area contributed by atoms with Crippen LogP contribution in [-0.2, 0) is 11.3 Å². The number of amides is 1. The normalized spacial score (nSPS) is 13.1. The number of hydrogen-bond donors (Lipinski definition) is 1. The summed E-state index contributed by atoms with van der Waals surface area (Å²) in [5, 5.41) is 3.66. The Morgan fingerprint density at radius 3 is 2.32 bits per heavy atom. The Morgan fingerprint density at radius 2 is 1.76 bits per heavy atom. The van der Waals surface area contributed by atoms with Crippen LogP contribution in [0.5, 0.6) is 5.75 Å². The van der Waals surface area contributed by atoms with Crippen LogP contribution >= 0.6 is 11.6 Å². The van der Waals surface area contributed by atoms with E-state index in [1.54, 1.807) is 31.4 Å². The van der Waals surface area contributed by atoms with E-state index in [0.29, 0.717) is 22.9 Å². The largest absolute Gasteiger partial charge is 0.489 e. The fourth-order valence-corrected chi connectivity index (χ4v) is 2.68. The average molecular weight is 362 g/mol. The van der Waals surface area contributed by atoms with Crippen LogP contribution in [0.25, 0.3) is 0 Å². The smallest absolute Gasteiger partial charge is 0.251 e. The van der Waals surface area contributed by atoms with Crippen LogP contribution in [0.1, 0.15) is 36.2 Å². The van der Waals surface area contributed by atoms with Crippen molar-refractivity contribution in [2.45, 2.75) is 39.0 Å². The van der Waals surface area contributed by atoms with Gasteiger partial charge in [-0.1, -0.05) is 30.7 Å². The van der Waals surface area contributed by atoms with Gasteiger partial charge >= 0.3 is 0 Å². The number of hydrogen-bond acceptors (Lipinski definition) is 3. The Morgan fingerprint density at radius 1 is 1.12 bits per heavy atom. The van der Waals surface area contributed by atoms with Gasteiger partial charge in [-0.3, -0.25) is 4.79 Å². The topological polar surface area (TPSA) is 47.6 Å². The Kier molecular flexibility index (Phi) is 7.29. The van der Waals surface area contributed by atoms with Crippen molar-refractivity contribution in [1.29, 1.82) is 0 Å². The number of benzene rings is 2. The number of rotatable bonds is 8. The molecule has 0 aliphatic rings. The van der Waals surface area contributed by atoms with Gasteiger partial charge in [0.1, 0.15) is 12.4 Å². The van der Waals surface area contributed by atoms with E-state index < -0.39 is 0 Å². The van der Waals surface area contributed by atoms with Crippen LogP contribution in [0.15, 0.2) is 48.5 Å². The molecule has 2 aromatic carbocycles. The third-order valence-corrected chi connectivity index (χ3v) is 4.31. The quantitative estimate of drug-likeness (QED) is 0.755. The monoisotopic (exact) mass is 361 g/mol. The first kappa shape index (κ1) is 19.3. The van der Waals surface area contributed by atoms with Crippen molar-refractivity contribution < 1.29 is 14.3 Å². The lowest BCUT2D eigenvalue weighted by Gasteiger charge is -2.22. The van der Waals surface area contributed by atoms with E-state index >= 15 is 0 Å². The first-order valence-corrected chi connectivity index (χ1v) is 8.72. The van der Waals surface area contributed by atoms with Crippen molar-refractivity contribution in [3.8, 4) is 5.75 Å². The Balaban J connectivity index is 1.90. The minimum absolute atomic E-state index is 0.00549. The number of carbonyl (C=O) groups is 1. The minimum atomic E-state index is -0.118. The number of carbonyl (C=O) groups excluding carboxylic acids is 1. The van der Waals surface area contributed by atoms with E-state index in [4.69, 9.17) is 21.1 Å². The summed E-state index contributed by atoms with van der Waals surface area (Å²) in [6.07, 6.45) is 0.848. The van der Waals surface area contributed by atoms with Gasteiger partial charge in [0.15, 0.2) is 0 Å². The summed E-state index contributed by atoms with van der Waals surface area (Å²) in [5.74, 6) is 0.593. The standard InChI is InChI=1S/C20H24ClNO3/c1-4-19(24-3)14(2)22-20(23)16-7-11-18(12-8-16)25-13-15-5-9-17(21)10-6-15/h5-12,14,19H,4,13H2,1-3H3,(H,22,23). The second-order valence-corrected chi connectivity index (χ2v) is 6.32. The second kappa shape index (κ2) is 9.44. The van der Waals surface area contributed by atoms with Crippen LogP contribution < -0.4 is 10.1 Å². The summed E-state index contributed by atoms with van der Waals surface area (Å²) in [6.45, 7) is 4.43. The van der Waals surface area contributed by atoms with E-state index in [9.17, 15) is 4.79 Å². The highest BCUT2D eigenvalue weighted by atomic mass is 35.5. The molecule has 2 atom stereocenters. The van der Waals surface area contributed by atoms with Crippen LogP contribution in [0.3, 0.4) is 0 Å². The van der Waals surface area contributed by atoms with E-state index in [-0.39, 0.29) is 18.1 Å². The molecule has 0 heterocycles. The summed E-state index contributed by atoms with van der Waals surface area (Å²) in [7, 11) is 1.66. The molecule has 5 heteroatoms. The van der Waals surface area contributed by atoms with Crippen molar-refractivity contribution in [3.63, 3.8) is 0 Å². The van der Waals surface area contributed by atoms with Crippen LogP contribution in [-0.4, -0.2) is 25.2 Å². The lowest BCUT2D eigenvalue weighted by Crippen LogP contribution is -2.41. The van der Waals surface area contributed by atoms with Gasteiger partial charge in [0.05, 0.1) is 12.1 Å². The van der Waals surface area contributed by atoms with Crippen molar-refractivity contribution >= 4 is 17.5 Å². The van der Waals surface area contributed by atoms with Crippen molar-refractivity contribution in [2.75, 3.05) is 7.11 Å². The van der Waals surface area contributed by atoms with Gasteiger partial charge in [-0.25, -0.2) is 0 Å². The van der Waals surface area contributed by atoms with Gasteiger partial charge in [-0.05, 0) is 55.3 Å². The molecule has 0 saturated carbocycles. The maximum absolute atomic E-state index is 12.3. The van der Waals surface area contributed by atoms with Crippen LogP contribution in [0, 0.1) is 0 Å². The molecule has 4 nitrogen and oxygen atoms in total. The third-order valence-electron chi connectivity index (χ3n) is 4.06. The van der Waals surface area contributed by atoms with E-state index in [0.717, 1.165) is 12.0 Å². The molecule has 2 aromatic rings. The molecular weight excluding hydrogens is 338 g/mol. The van der Waals surface area contributed by atoms with Crippen molar-refractivity contribution in [2.24, 2.45) is 0 Å². The van der Waals surface area contributed by atoms with Gasteiger partial charge in [0.2, 0.25) is 0 Å². The predicted octanol–water partition coefficient (Wildman–Crippen LogP) is 4.46. The summed E-state index contributed by atoms with van der Waals surface area (Å²) in [4.78, 5) is 12.3. The lowest BCUT2D eigenvalue weighted by atomic mass is 10.1. The molecule has 0 fully saturated rings. The highest BCUT2D eigenvalue weighted by Crippen LogP contribution is 2.16. The SMILES string of the molecule is CCC(OC)C(C)NC(=O)c1ccc(OCc2ccc(Cl)cc2)cc1. The zero-order chi connectivity index (χ0) is 18.2. The van der Waals surface area contributed by atoms with E-state index in [1.165, 1.54) is 0 Å². The molecule has 0 aliphatic carbocycles. The maximum Gasteiger partial charge on any atom is 0.251 e. The molecule has 0 radical (unpaired) electrons. The second-order valence-electron chi connectivity index (χ2n) is 5.88. The molecular formula is C20H24ClNO3. The summed E-state index contributed by atoms with van der Waals surface area (Å²) < 4.78 is 11.1. The molecule has 0 spiro atoms. The fourth-order valence-electron chi connectivity index (χ4n) is 2.56. The number of nitrogens with one attached hydrogen (secondary N) is 1. The molecule has 0 saturated heterocycles. The molecule has 2 unspecified atom stereocenters. The summed E-state index contributed by atoms with van der Waals surface area (Å²) in [6, 6.07) is 14.6. The number of ether oxygens (including phenoxy) is 2. The third kappa shape index (κ3) is 5.76. The molecule has 2 rings (SSSR count). The highest BCUT2D eigenvalue weighted by Gasteiger charge is 2.17. The van der Waals surface area contributed by atoms with Crippen LogP contribution in [0.2, 0.25) is 5.02 Å². The number of halogens is 1. The highest BCUT2D eigenvalue weighted by molar-refractivity contribution is 6.30. The van der Waals surface area contributed by atoms with Gasteiger partial charge in [0, 0.05) is 17.7 Å². The van der Waals surface area contributed by atoms with Gasteiger partial charge < -0.3 is 14.8 Å². The molecule has 1 amide bonds. The molecule has 0 aromatic heterocycles. The molecule has 0 aliphatic heterocycles. The minimum Gasteiger partial charge on any atom is -0.489 e. The Labute approximate surface area is 154 Å². The molecule has 25 heavy (non-hydrogen) atoms.